The Morgan fingerprint density at radius 2 is 1.74 bits per heavy atom. The Balaban J connectivity index is 2.35. The van der Waals surface area contributed by atoms with Crippen LogP contribution in [0.4, 0.5) is 5.82 Å². The third-order valence-electron chi connectivity index (χ3n) is 3.00. The van der Waals surface area contributed by atoms with Crippen molar-refractivity contribution < 1.29 is 0 Å². The van der Waals surface area contributed by atoms with E-state index in [1.165, 1.54) is 5.56 Å². The summed E-state index contributed by atoms with van der Waals surface area (Å²) in [4.78, 5) is 9.24. The minimum atomic E-state index is 0.0278. The maximum absolute atomic E-state index is 4.70. The van der Waals surface area contributed by atoms with Gasteiger partial charge in [0.05, 0.1) is 5.69 Å². The minimum absolute atomic E-state index is 0.0278. The molecule has 3 heteroatoms. The molecule has 0 aliphatic rings. The Morgan fingerprint density at radius 3 is 2.32 bits per heavy atom. The molecule has 0 saturated carbocycles. The van der Waals surface area contributed by atoms with E-state index in [-0.39, 0.29) is 5.41 Å². The fraction of sp³-hybridized carbons (Fsp3) is 0.375. The summed E-state index contributed by atoms with van der Waals surface area (Å²) in [6, 6.07) is 12.3. The van der Waals surface area contributed by atoms with Crippen molar-refractivity contribution in [2.75, 3.05) is 12.4 Å². The molecule has 0 aliphatic carbocycles. The van der Waals surface area contributed by atoms with Crippen molar-refractivity contribution in [3.05, 3.63) is 53.5 Å². The average Bonchev–Trinajstić information content (AvgIpc) is 2.38. The van der Waals surface area contributed by atoms with Gasteiger partial charge >= 0.3 is 0 Å². The highest BCUT2D eigenvalue weighted by atomic mass is 15.0. The van der Waals surface area contributed by atoms with Crippen molar-refractivity contribution in [3.63, 3.8) is 0 Å². The molecule has 1 N–H and O–H groups in total. The molecule has 0 unspecified atom stereocenters. The SMILES string of the molecule is CNc1cc(C(C)(C)C)nc(Cc2ccccc2)n1. The van der Waals surface area contributed by atoms with Crippen molar-refractivity contribution >= 4 is 5.82 Å². The summed E-state index contributed by atoms with van der Waals surface area (Å²) in [5, 5.41) is 3.11. The molecule has 0 atom stereocenters. The number of aromatic nitrogens is 2. The lowest BCUT2D eigenvalue weighted by Gasteiger charge is -2.19. The van der Waals surface area contributed by atoms with Crippen LogP contribution in [0.3, 0.4) is 0 Å². The van der Waals surface area contributed by atoms with Crippen LogP contribution in [0, 0.1) is 0 Å². The van der Waals surface area contributed by atoms with E-state index in [1.807, 2.05) is 31.3 Å². The Morgan fingerprint density at radius 1 is 1.05 bits per heavy atom. The number of hydrogen-bond donors (Lipinski definition) is 1. The highest BCUT2D eigenvalue weighted by Gasteiger charge is 2.17. The second-order valence-electron chi connectivity index (χ2n) is 5.72. The Kier molecular flexibility index (Phi) is 3.84. The molecule has 1 aromatic heterocycles. The van der Waals surface area contributed by atoms with Crippen LogP contribution in [0.25, 0.3) is 0 Å². The standard InChI is InChI=1S/C16H21N3/c1-16(2,3)13-11-14(17-4)19-15(18-13)10-12-8-6-5-7-9-12/h5-9,11H,10H2,1-4H3,(H,17,18,19). The van der Waals surface area contributed by atoms with Gasteiger partial charge in [-0.3, -0.25) is 0 Å². The van der Waals surface area contributed by atoms with E-state index in [9.17, 15) is 0 Å². The largest absolute Gasteiger partial charge is 0.373 e. The van der Waals surface area contributed by atoms with Crippen LogP contribution in [0.15, 0.2) is 36.4 Å². The van der Waals surface area contributed by atoms with E-state index in [0.29, 0.717) is 0 Å². The molecule has 0 bridgehead atoms. The summed E-state index contributed by atoms with van der Waals surface area (Å²) in [6.07, 6.45) is 0.763. The number of rotatable bonds is 3. The number of nitrogens with one attached hydrogen (secondary N) is 1. The molecule has 0 fully saturated rings. The maximum Gasteiger partial charge on any atom is 0.135 e. The topological polar surface area (TPSA) is 37.8 Å². The van der Waals surface area contributed by atoms with Crippen molar-refractivity contribution in [1.82, 2.24) is 9.97 Å². The summed E-state index contributed by atoms with van der Waals surface area (Å²) in [5.41, 5.74) is 2.33. The van der Waals surface area contributed by atoms with Crippen molar-refractivity contribution in [2.45, 2.75) is 32.6 Å². The zero-order valence-corrected chi connectivity index (χ0v) is 12.1. The van der Waals surface area contributed by atoms with Crippen LogP contribution in [0.5, 0.6) is 0 Å². The first kappa shape index (κ1) is 13.5. The molecule has 100 valence electrons. The van der Waals surface area contributed by atoms with Gasteiger partial charge in [-0.2, -0.15) is 0 Å². The lowest BCUT2D eigenvalue weighted by molar-refractivity contribution is 0.563. The van der Waals surface area contributed by atoms with Crippen LogP contribution >= 0.6 is 0 Å². The molecule has 2 aromatic rings. The molecule has 0 spiro atoms. The average molecular weight is 255 g/mol. The van der Waals surface area contributed by atoms with Gasteiger partial charge in [0.2, 0.25) is 0 Å². The van der Waals surface area contributed by atoms with Crippen LogP contribution in [0.1, 0.15) is 37.9 Å². The van der Waals surface area contributed by atoms with E-state index < -0.39 is 0 Å². The molecule has 2 rings (SSSR count). The van der Waals surface area contributed by atoms with Crippen LogP contribution in [-0.2, 0) is 11.8 Å². The number of anilines is 1. The maximum atomic E-state index is 4.70. The van der Waals surface area contributed by atoms with E-state index in [0.717, 1.165) is 23.8 Å². The van der Waals surface area contributed by atoms with E-state index in [2.05, 4.69) is 43.2 Å². The molecule has 0 saturated heterocycles. The normalized spacial score (nSPS) is 11.4. The highest BCUT2D eigenvalue weighted by Crippen LogP contribution is 2.22. The Labute approximate surface area is 115 Å². The summed E-state index contributed by atoms with van der Waals surface area (Å²) in [6.45, 7) is 6.50. The Hall–Kier alpha value is -1.90. The summed E-state index contributed by atoms with van der Waals surface area (Å²) < 4.78 is 0. The van der Waals surface area contributed by atoms with Gasteiger partial charge in [0.25, 0.3) is 0 Å². The minimum Gasteiger partial charge on any atom is -0.373 e. The number of hydrogen-bond acceptors (Lipinski definition) is 3. The lowest BCUT2D eigenvalue weighted by Crippen LogP contribution is -2.16. The zero-order chi connectivity index (χ0) is 13.9. The lowest BCUT2D eigenvalue weighted by atomic mass is 9.92. The third kappa shape index (κ3) is 3.53. The molecule has 0 radical (unpaired) electrons. The molecule has 1 aromatic carbocycles. The summed E-state index contributed by atoms with van der Waals surface area (Å²) in [5.74, 6) is 1.74. The number of benzene rings is 1. The van der Waals surface area contributed by atoms with Gasteiger partial charge < -0.3 is 5.32 Å². The molecule has 0 amide bonds. The first-order valence-electron chi connectivity index (χ1n) is 6.59. The zero-order valence-electron chi connectivity index (χ0n) is 12.1. The van der Waals surface area contributed by atoms with Gasteiger partial charge in [-0.25, -0.2) is 9.97 Å². The van der Waals surface area contributed by atoms with Crippen molar-refractivity contribution in [3.8, 4) is 0 Å². The fourth-order valence-corrected chi connectivity index (χ4v) is 1.87. The molecule has 1 heterocycles. The van der Waals surface area contributed by atoms with Gasteiger partial charge in [0.15, 0.2) is 0 Å². The van der Waals surface area contributed by atoms with Gasteiger partial charge in [-0.05, 0) is 5.56 Å². The molecule has 0 aliphatic heterocycles. The van der Waals surface area contributed by atoms with E-state index in [4.69, 9.17) is 4.98 Å². The van der Waals surface area contributed by atoms with Crippen LogP contribution < -0.4 is 5.32 Å². The Bertz CT molecular complexity index is 542. The van der Waals surface area contributed by atoms with Gasteiger partial charge in [-0.1, -0.05) is 51.1 Å². The van der Waals surface area contributed by atoms with E-state index >= 15 is 0 Å². The van der Waals surface area contributed by atoms with Gasteiger partial charge in [0, 0.05) is 24.9 Å². The predicted octanol–water partition coefficient (Wildman–Crippen LogP) is 3.41. The molecular formula is C16H21N3. The van der Waals surface area contributed by atoms with Crippen molar-refractivity contribution in [1.29, 1.82) is 0 Å². The quantitative estimate of drug-likeness (QED) is 0.913. The van der Waals surface area contributed by atoms with Crippen LogP contribution in [-0.4, -0.2) is 17.0 Å². The first-order valence-corrected chi connectivity index (χ1v) is 6.59. The second-order valence-corrected chi connectivity index (χ2v) is 5.72. The number of nitrogens with zero attached hydrogens (tertiary/aromatic N) is 2. The molecular weight excluding hydrogens is 234 g/mol. The monoisotopic (exact) mass is 255 g/mol. The van der Waals surface area contributed by atoms with Crippen LogP contribution in [0.2, 0.25) is 0 Å². The molecule has 3 nitrogen and oxygen atoms in total. The molecule has 19 heavy (non-hydrogen) atoms. The van der Waals surface area contributed by atoms with E-state index in [1.54, 1.807) is 0 Å². The fourth-order valence-electron chi connectivity index (χ4n) is 1.87. The summed E-state index contributed by atoms with van der Waals surface area (Å²) in [7, 11) is 1.89. The highest BCUT2D eigenvalue weighted by molar-refractivity contribution is 5.38. The first-order chi connectivity index (χ1) is 8.99. The van der Waals surface area contributed by atoms with Gasteiger partial charge in [0.1, 0.15) is 11.6 Å². The summed E-state index contributed by atoms with van der Waals surface area (Å²) >= 11 is 0. The third-order valence-corrected chi connectivity index (χ3v) is 3.00. The smallest absolute Gasteiger partial charge is 0.135 e. The van der Waals surface area contributed by atoms with Gasteiger partial charge in [-0.15, -0.1) is 0 Å². The van der Waals surface area contributed by atoms with Crippen molar-refractivity contribution in [2.24, 2.45) is 0 Å². The predicted molar refractivity (Wildman–Crippen MR) is 79.5 cm³/mol. The second kappa shape index (κ2) is 5.39.